The summed E-state index contributed by atoms with van der Waals surface area (Å²) in [5.74, 6) is -0.926. The van der Waals surface area contributed by atoms with Crippen LogP contribution in [0.4, 0.5) is 13.2 Å². The standard InChI is InChI=1S/C14H11F3N2O2/c15-14(16,17)21-10-5-3-9(4-6-10)13(20)11(8-18)12-2-1-7-19-12/h3-6,19H,1-2,7H2/b12-11+. The van der Waals surface area contributed by atoms with Gasteiger partial charge < -0.3 is 10.1 Å². The van der Waals surface area contributed by atoms with Gasteiger partial charge in [-0.15, -0.1) is 13.2 Å². The van der Waals surface area contributed by atoms with Crippen LogP contribution in [-0.4, -0.2) is 18.7 Å². The van der Waals surface area contributed by atoms with Crippen LogP contribution < -0.4 is 10.1 Å². The van der Waals surface area contributed by atoms with E-state index in [-0.39, 0.29) is 11.1 Å². The van der Waals surface area contributed by atoms with E-state index in [0.29, 0.717) is 18.7 Å². The number of rotatable bonds is 3. The number of carbonyl (C=O) groups excluding carboxylic acids is 1. The van der Waals surface area contributed by atoms with E-state index in [0.717, 1.165) is 18.6 Å². The van der Waals surface area contributed by atoms with Crippen LogP contribution in [0.15, 0.2) is 35.5 Å². The summed E-state index contributed by atoms with van der Waals surface area (Å²) in [7, 11) is 0. The molecule has 1 heterocycles. The quantitative estimate of drug-likeness (QED) is 0.529. The van der Waals surface area contributed by atoms with Gasteiger partial charge in [0.25, 0.3) is 0 Å². The van der Waals surface area contributed by atoms with Gasteiger partial charge in [-0.05, 0) is 37.1 Å². The second kappa shape index (κ2) is 5.87. The van der Waals surface area contributed by atoms with E-state index >= 15 is 0 Å². The predicted molar refractivity (Wildman–Crippen MR) is 67.3 cm³/mol. The van der Waals surface area contributed by atoms with Crippen molar-refractivity contribution in [3.63, 3.8) is 0 Å². The molecule has 2 rings (SSSR count). The lowest BCUT2D eigenvalue weighted by atomic mass is 10.0. The molecule has 1 aliphatic heterocycles. The maximum atomic E-state index is 12.2. The topological polar surface area (TPSA) is 62.1 Å². The Morgan fingerprint density at radius 2 is 1.95 bits per heavy atom. The Kier molecular flexibility index (Phi) is 4.17. The second-order valence-electron chi connectivity index (χ2n) is 4.40. The highest BCUT2D eigenvalue weighted by Crippen LogP contribution is 2.24. The number of alkyl halides is 3. The maximum absolute atomic E-state index is 12.2. The van der Waals surface area contributed by atoms with Gasteiger partial charge in [-0.3, -0.25) is 4.79 Å². The molecule has 0 spiro atoms. The summed E-state index contributed by atoms with van der Waals surface area (Å²) < 4.78 is 39.8. The molecule has 1 saturated heterocycles. The van der Waals surface area contributed by atoms with Gasteiger partial charge in [-0.1, -0.05) is 0 Å². The monoisotopic (exact) mass is 296 g/mol. The van der Waals surface area contributed by atoms with Gasteiger partial charge in [0.15, 0.2) is 0 Å². The number of halogens is 3. The summed E-state index contributed by atoms with van der Waals surface area (Å²) >= 11 is 0. The molecule has 0 aliphatic carbocycles. The van der Waals surface area contributed by atoms with E-state index in [1.165, 1.54) is 12.1 Å². The smallest absolute Gasteiger partial charge is 0.406 e. The predicted octanol–water partition coefficient (Wildman–Crippen LogP) is 2.93. The van der Waals surface area contributed by atoms with Crippen LogP contribution in [-0.2, 0) is 0 Å². The molecule has 0 atom stereocenters. The third-order valence-corrected chi connectivity index (χ3v) is 2.93. The molecule has 110 valence electrons. The number of ketones is 1. The first-order valence-corrected chi connectivity index (χ1v) is 6.18. The zero-order chi connectivity index (χ0) is 15.5. The SMILES string of the molecule is N#C/C(C(=O)c1ccc(OC(F)(F)F)cc1)=C1/CCCN1. The Bertz CT molecular complexity index is 605. The minimum atomic E-state index is -4.78. The maximum Gasteiger partial charge on any atom is 0.573 e. The van der Waals surface area contributed by atoms with Crippen molar-refractivity contribution in [1.82, 2.24) is 5.32 Å². The molecule has 1 aromatic carbocycles. The molecular formula is C14H11F3N2O2. The van der Waals surface area contributed by atoms with Gasteiger partial charge in [0.05, 0.1) is 0 Å². The fourth-order valence-corrected chi connectivity index (χ4v) is 2.01. The van der Waals surface area contributed by atoms with Gasteiger partial charge in [-0.25, -0.2) is 0 Å². The zero-order valence-electron chi connectivity index (χ0n) is 10.8. The van der Waals surface area contributed by atoms with Crippen LogP contribution >= 0.6 is 0 Å². The van der Waals surface area contributed by atoms with Crippen molar-refractivity contribution in [3.05, 3.63) is 41.1 Å². The fourth-order valence-electron chi connectivity index (χ4n) is 2.01. The molecule has 1 aromatic rings. The summed E-state index contributed by atoms with van der Waals surface area (Å²) in [6.45, 7) is 0.701. The highest BCUT2D eigenvalue weighted by molar-refractivity contribution is 6.11. The Balaban J connectivity index is 2.20. The molecule has 4 nitrogen and oxygen atoms in total. The Hall–Kier alpha value is -2.49. The van der Waals surface area contributed by atoms with E-state index in [9.17, 15) is 18.0 Å². The Morgan fingerprint density at radius 3 is 2.43 bits per heavy atom. The molecule has 1 N–H and O–H groups in total. The fraction of sp³-hybridized carbons (Fsp3) is 0.286. The van der Waals surface area contributed by atoms with E-state index < -0.39 is 17.9 Å². The van der Waals surface area contributed by atoms with Gasteiger partial charge in [0.1, 0.15) is 17.4 Å². The number of nitrogens with zero attached hydrogens (tertiary/aromatic N) is 1. The number of hydrogen-bond donors (Lipinski definition) is 1. The van der Waals surface area contributed by atoms with E-state index in [1.54, 1.807) is 0 Å². The van der Waals surface area contributed by atoms with Gasteiger partial charge in [-0.2, -0.15) is 5.26 Å². The summed E-state index contributed by atoms with van der Waals surface area (Å²) in [6.07, 6.45) is -3.32. The van der Waals surface area contributed by atoms with Crippen molar-refractivity contribution in [3.8, 4) is 11.8 Å². The second-order valence-corrected chi connectivity index (χ2v) is 4.40. The number of hydrogen-bond acceptors (Lipinski definition) is 4. The number of benzene rings is 1. The van der Waals surface area contributed by atoms with Crippen molar-refractivity contribution >= 4 is 5.78 Å². The molecule has 21 heavy (non-hydrogen) atoms. The van der Waals surface area contributed by atoms with Crippen molar-refractivity contribution in [2.75, 3.05) is 6.54 Å². The highest BCUT2D eigenvalue weighted by Gasteiger charge is 2.31. The van der Waals surface area contributed by atoms with Crippen LogP contribution in [0.1, 0.15) is 23.2 Å². The third-order valence-electron chi connectivity index (χ3n) is 2.93. The number of Topliss-reactive ketones (excluding diaryl/α,β-unsaturated/α-hetero) is 1. The van der Waals surface area contributed by atoms with Crippen molar-refractivity contribution in [2.45, 2.75) is 19.2 Å². The Labute approximate surface area is 118 Å². The van der Waals surface area contributed by atoms with Crippen LogP contribution in [0, 0.1) is 11.3 Å². The summed E-state index contributed by atoms with van der Waals surface area (Å²) in [4.78, 5) is 12.2. The minimum absolute atomic E-state index is 0.00279. The van der Waals surface area contributed by atoms with Crippen LogP contribution in [0.25, 0.3) is 0 Å². The van der Waals surface area contributed by atoms with E-state index in [2.05, 4.69) is 10.1 Å². The van der Waals surface area contributed by atoms with Crippen LogP contribution in [0.5, 0.6) is 5.75 Å². The first-order valence-electron chi connectivity index (χ1n) is 6.18. The number of nitrogens with one attached hydrogen (secondary N) is 1. The van der Waals surface area contributed by atoms with Gasteiger partial charge >= 0.3 is 6.36 Å². The first-order chi connectivity index (χ1) is 9.90. The zero-order valence-corrected chi connectivity index (χ0v) is 10.8. The number of nitriles is 1. The van der Waals surface area contributed by atoms with Crippen molar-refractivity contribution < 1.29 is 22.7 Å². The van der Waals surface area contributed by atoms with Gasteiger partial charge in [0.2, 0.25) is 5.78 Å². The lowest BCUT2D eigenvalue weighted by Crippen LogP contribution is -2.17. The summed E-state index contributed by atoms with van der Waals surface area (Å²) in [5, 5.41) is 12.0. The van der Waals surface area contributed by atoms with E-state index in [4.69, 9.17) is 5.26 Å². The molecule has 0 amide bonds. The minimum Gasteiger partial charge on any atom is -0.406 e. The normalized spacial score (nSPS) is 16.9. The summed E-state index contributed by atoms with van der Waals surface area (Å²) in [6, 6.07) is 6.35. The van der Waals surface area contributed by atoms with Crippen LogP contribution in [0.2, 0.25) is 0 Å². The van der Waals surface area contributed by atoms with Crippen LogP contribution in [0.3, 0.4) is 0 Å². The molecule has 7 heteroatoms. The molecular weight excluding hydrogens is 285 g/mol. The van der Waals surface area contributed by atoms with Crippen molar-refractivity contribution in [1.29, 1.82) is 5.26 Å². The summed E-state index contributed by atoms with van der Waals surface area (Å²) in [5.41, 5.74) is 0.720. The largest absolute Gasteiger partial charge is 0.573 e. The Morgan fingerprint density at radius 1 is 1.29 bits per heavy atom. The highest BCUT2D eigenvalue weighted by atomic mass is 19.4. The molecule has 1 fully saturated rings. The number of carbonyl (C=O) groups is 1. The average molecular weight is 296 g/mol. The molecule has 0 unspecified atom stereocenters. The van der Waals surface area contributed by atoms with Gasteiger partial charge in [0, 0.05) is 17.8 Å². The number of allylic oxidation sites excluding steroid dienone is 2. The first kappa shape index (κ1) is 14.9. The molecule has 1 aliphatic rings. The third kappa shape index (κ3) is 3.75. The van der Waals surface area contributed by atoms with Crippen molar-refractivity contribution in [2.24, 2.45) is 0 Å². The van der Waals surface area contributed by atoms with E-state index in [1.807, 2.05) is 6.07 Å². The average Bonchev–Trinajstić information content (AvgIpc) is 2.92. The molecule has 0 aromatic heterocycles. The number of ether oxygens (including phenoxy) is 1. The molecule has 0 radical (unpaired) electrons. The lowest BCUT2D eigenvalue weighted by molar-refractivity contribution is -0.274. The lowest BCUT2D eigenvalue weighted by Gasteiger charge is -2.09. The molecule has 0 saturated carbocycles. The molecule has 0 bridgehead atoms.